The van der Waals surface area contributed by atoms with Crippen molar-refractivity contribution in [2.75, 3.05) is 44.2 Å². The van der Waals surface area contributed by atoms with Crippen molar-refractivity contribution >= 4 is 15.8 Å². The van der Waals surface area contributed by atoms with Gasteiger partial charge in [0.15, 0.2) is 5.82 Å². The Bertz CT molecular complexity index is 916. The minimum Gasteiger partial charge on any atom is -0.354 e. The molecule has 0 spiro atoms. The van der Waals surface area contributed by atoms with Crippen molar-refractivity contribution in [1.82, 2.24) is 24.3 Å². The molecular formula is C19H28N6O3S. The number of aromatic nitrogens is 3. The highest BCUT2D eigenvalue weighted by atomic mass is 32.2. The molecule has 4 heterocycles. The van der Waals surface area contributed by atoms with Crippen LogP contribution in [0.4, 0.5) is 5.82 Å². The van der Waals surface area contributed by atoms with Crippen LogP contribution in [0, 0.1) is 6.92 Å². The molecule has 0 radical (unpaired) electrons. The second kappa shape index (κ2) is 8.37. The van der Waals surface area contributed by atoms with Crippen LogP contribution in [0.25, 0.3) is 0 Å². The van der Waals surface area contributed by atoms with Gasteiger partial charge in [0.1, 0.15) is 10.7 Å². The fourth-order valence-electron chi connectivity index (χ4n) is 3.94. The van der Waals surface area contributed by atoms with Gasteiger partial charge in [0.25, 0.3) is 0 Å². The van der Waals surface area contributed by atoms with Gasteiger partial charge in [-0.25, -0.2) is 13.4 Å². The van der Waals surface area contributed by atoms with E-state index in [1.807, 2.05) is 13.0 Å². The van der Waals surface area contributed by atoms with E-state index in [4.69, 9.17) is 4.52 Å². The lowest BCUT2D eigenvalue weighted by atomic mass is 10.2. The summed E-state index contributed by atoms with van der Waals surface area (Å²) in [5.41, 5.74) is 0. The molecule has 2 aromatic rings. The van der Waals surface area contributed by atoms with Gasteiger partial charge >= 0.3 is 0 Å². The summed E-state index contributed by atoms with van der Waals surface area (Å²) < 4.78 is 32.4. The highest BCUT2D eigenvalue weighted by molar-refractivity contribution is 7.89. The summed E-state index contributed by atoms with van der Waals surface area (Å²) >= 11 is 0. The Labute approximate surface area is 171 Å². The van der Waals surface area contributed by atoms with Crippen LogP contribution in [0.5, 0.6) is 0 Å². The van der Waals surface area contributed by atoms with Crippen molar-refractivity contribution in [1.29, 1.82) is 0 Å². The molecule has 4 rings (SSSR count). The van der Waals surface area contributed by atoms with E-state index in [-0.39, 0.29) is 10.9 Å². The van der Waals surface area contributed by atoms with Crippen LogP contribution in [0.15, 0.2) is 27.7 Å². The Kier molecular flexibility index (Phi) is 5.84. The number of nitrogens with zero attached hydrogens (tertiary/aromatic N) is 6. The molecule has 2 fully saturated rings. The number of piperidine rings is 1. The van der Waals surface area contributed by atoms with Crippen LogP contribution < -0.4 is 4.90 Å². The fourth-order valence-corrected chi connectivity index (χ4v) is 5.41. The molecule has 29 heavy (non-hydrogen) atoms. The largest absolute Gasteiger partial charge is 0.354 e. The van der Waals surface area contributed by atoms with Gasteiger partial charge < -0.3 is 9.42 Å². The number of pyridine rings is 1. The van der Waals surface area contributed by atoms with Crippen LogP contribution in [-0.2, 0) is 10.0 Å². The van der Waals surface area contributed by atoms with E-state index in [0.717, 1.165) is 51.3 Å². The summed E-state index contributed by atoms with van der Waals surface area (Å²) in [7, 11) is -3.44. The van der Waals surface area contributed by atoms with Crippen molar-refractivity contribution in [3.63, 3.8) is 0 Å². The number of rotatable bonds is 5. The molecule has 158 valence electrons. The summed E-state index contributed by atoms with van der Waals surface area (Å²) in [4.78, 5) is 13.5. The maximum atomic E-state index is 12.8. The van der Waals surface area contributed by atoms with Gasteiger partial charge in [0, 0.05) is 45.5 Å². The second-order valence-corrected chi connectivity index (χ2v) is 9.63. The Morgan fingerprint density at radius 1 is 1.03 bits per heavy atom. The third-order valence-electron chi connectivity index (χ3n) is 5.76. The Morgan fingerprint density at radius 3 is 2.34 bits per heavy atom. The third-order valence-corrected chi connectivity index (χ3v) is 7.64. The number of hydrogen-bond donors (Lipinski definition) is 0. The Hall–Kier alpha value is -2.04. The molecule has 1 atom stereocenters. The van der Waals surface area contributed by atoms with Gasteiger partial charge in [-0.1, -0.05) is 11.6 Å². The maximum Gasteiger partial charge on any atom is 0.244 e. The molecule has 1 unspecified atom stereocenters. The van der Waals surface area contributed by atoms with Gasteiger partial charge in [-0.3, -0.25) is 4.90 Å². The molecule has 9 nitrogen and oxygen atoms in total. The monoisotopic (exact) mass is 420 g/mol. The zero-order valence-electron chi connectivity index (χ0n) is 17.0. The first kappa shape index (κ1) is 20.2. The number of piperazine rings is 1. The highest BCUT2D eigenvalue weighted by Gasteiger charge is 2.28. The van der Waals surface area contributed by atoms with Crippen LogP contribution in [0.3, 0.4) is 0 Å². The molecule has 0 bridgehead atoms. The molecule has 2 aromatic heterocycles. The summed E-state index contributed by atoms with van der Waals surface area (Å²) in [5, 5.41) is 3.87. The zero-order valence-corrected chi connectivity index (χ0v) is 17.8. The lowest BCUT2D eigenvalue weighted by Crippen LogP contribution is -2.47. The first-order valence-corrected chi connectivity index (χ1v) is 11.6. The average Bonchev–Trinajstić information content (AvgIpc) is 3.20. The molecule has 0 amide bonds. The molecule has 2 aliphatic heterocycles. The van der Waals surface area contributed by atoms with Crippen LogP contribution in [0.1, 0.15) is 43.9 Å². The lowest BCUT2D eigenvalue weighted by molar-refractivity contribution is 0.164. The van der Waals surface area contributed by atoms with Crippen molar-refractivity contribution < 1.29 is 12.9 Å². The average molecular weight is 421 g/mol. The molecule has 0 aliphatic carbocycles. The second-order valence-electron chi connectivity index (χ2n) is 7.70. The summed E-state index contributed by atoms with van der Waals surface area (Å²) in [6, 6.07) is 3.57. The molecule has 2 saturated heterocycles. The van der Waals surface area contributed by atoms with E-state index < -0.39 is 10.0 Å². The van der Waals surface area contributed by atoms with Gasteiger partial charge in [-0.15, -0.1) is 0 Å². The Morgan fingerprint density at radius 2 is 1.76 bits per heavy atom. The van der Waals surface area contributed by atoms with Crippen molar-refractivity contribution in [3.05, 3.63) is 30.0 Å². The van der Waals surface area contributed by atoms with E-state index in [9.17, 15) is 8.42 Å². The van der Waals surface area contributed by atoms with E-state index >= 15 is 0 Å². The summed E-state index contributed by atoms with van der Waals surface area (Å²) in [5.74, 6) is 2.10. The third kappa shape index (κ3) is 4.29. The first-order valence-electron chi connectivity index (χ1n) is 10.2. The van der Waals surface area contributed by atoms with Gasteiger partial charge in [0.05, 0.1) is 6.04 Å². The minimum atomic E-state index is -3.44. The van der Waals surface area contributed by atoms with E-state index in [2.05, 4.69) is 31.8 Å². The zero-order chi connectivity index (χ0) is 20.4. The van der Waals surface area contributed by atoms with Crippen LogP contribution in [-0.4, -0.2) is 72.0 Å². The predicted molar refractivity (Wildman–Crippen MR) is 108 cm³/mol. The van der Waals surface area contributed by atoms with E-state index in [1.54, 1.807) is 10.4 Å². The molecule has 0 N–H and O–H groups in total. The standard InChI is InChI=1S/C19H28N6O3S/c1-15(19-21-16(2)22-28-19)23-10-12-24(13-11-23)18-7-6-17(14-20-18)29(26,27)25-8-4-3-5-9-25/h6-7,14-15H,3-5,8-13H2,1-2H3. The summed E-state index contributed by atoms with van der Waals surface area (Å²) in [6.07, 6.45) is 4.45. The SMILES string of the molecule is Cc1noc(C(C)N2CCN(c3ccc(S(=O)(=O)N4CCCCC4)cn3)CC2)n1. The molecular weight excluding hydrogens is 392 g/mol. The summed E-state index contributed by atoms with van der Waals surface area (Å²) in [6.45, 7) is 8.40. The normalized spacial score (nSPS) is 20.7. The first-order chi connectivity index (χ1) is 13.9. The van der Waals surface area contributed by atoms with Gasteiger partial charge in [-0.05, 0) is 38.8 Å². The number of aryl methyl sites for hydroxylation is 1. The molecule has 0 aromatic carbocycles. The van der Waals surface area contributed by atoms with Crippen molar-refractivity contribution in [3.8, 4) is 0 Å². The minimum absolute atomic E-state index is 0.0726. The lowest BCUT2D eigenvalue weighted by Gasteiger charge is -2.37. The fraction of sp³-hybridized carbons (Fsp3) is 0.632. The maximum absolute atomic E-state index is 12.8. The highest BCUT2D eigenvalue weighted by Crippen LogP contribution is 2.24. The Balaban J connectivity index is 1.38. The molecule has 0 saturated carbocycles. The smallest absolute Gasteiger partial charge is 0.244 e. The number of hydrogen-bond acceptors (Lipinski definition) is 8. The quantitative estimate of drug-likeness (QED) is 0.723. The predicted octanol–water partition coefficient (Wildman–Crippen LogP) is 1.83. The van der Waals surface area contributed by atoms with Gasteiger partial charge in [0.2, 0.25) is 15.9 Å². The van der Waals surface area contributed by atoms with Crippen LogP contribution >= 0.6 is 0 Å². The topological polar surface area (TPSA) is 95.7 Å². The number of sulfonamides is 1. The van der Waals surface area contributed by atoms with Crippen molar-refractivity contribution in [2.24, 2.45) is 0 Å². The van der Waals surface area contributed by atoms with E-state index in [1.165, 1.54) is 6.20 Å². The van der Waals surface area contributed by atoms with Crippen molar-refractivity contribution in [2.45, 2.75) is 44.0 Å². The molecule has 10 heteroatoms. The van der Waals surface area contributed by atoms with E-state index in [0.29, 0.717) is 24.8 Å². The molecule has 2 aliphatic rings. The number of anilines is 1. The van der Waals surface area contributed by atoms with Gasteiger partial charge in [-0.2, -0.15) is 9.29 Å². The van der Waals surface area contributed by atoms with Crippen LogP contribution in [0.2, 0.25) is 0 Å².